The highest BCUT2D eigenvalue weighted by molar-refractivity contribution is 5.79. The van der Waals surface area contributed by atoms with E-state index in [1.54, 1.807) is 44.4 Å². The summed E-state index contributed by atoms with van der Waals surface area (Å²) in [5.74, 6) is 0.331. The van der Waals surface area contributed by atoms with Gasteiger partial charge in [-0.15, -0.1) is 0 Å². The van der Waals surface area contributed by atoms with Gasteiger partial charge in [0.05, 0.1) is 41.0 Å². The third-order valence-corrected chi connectivity index (χ3v) is 6.86. The fourth-order valence-corrected chi connectivity index (χ4v) is 5.14. The smallest absolute Gasteiger partial charge is 0.330 e. The number of aliphatic hydroxyl groups excluding tert-OH is 2. The van der Waals surface area contributed by atoms with Gasteiger partial charge in [0.15, 0.2) is 5.65 Å². The van der Waals surface area contributed by atoms with Gasteiger partial charge in [0.25, 0.3) is 0 Å². The second-order valence-corrected chi connectivity index (χ2v) is 8.93. The highest BCUT2D eigenvalue weighted by Gasteiger charge is 2.31. The molecule has 5 aromatic rings. The lowest BCUT2D eigenvalue weighted by Gasteiger charge is -2.29. The molecule has 10 nitrogen and oxygen atoms in total. The van der Waals surface area contributed by atoms with Crippen LogP contribution >= 0.6 is 0 Å². The van der Waals surface area contributed by atoms with E-state index in [9.17, 15) is 20.3 Å². The Hall–Kier alpha value is -4.33. The topological polar surface area (TPSA) is 135 Å². The number of hydrogen-bond donors (Lipinski definition) is 2. The highest BCUT2D eigenvalue weighted by Crippen LogP contribution is 2.38. The second-order valence-electron chi connectivity index (χ2n) is 8.93. The van der Waals surface area contributed by atoms with Crippen LogP contribution < -0.4 is 5.69 Å². The Morgan fingerprint density at radius 3 is 2.72 bits per heavy atom. The number of imidazole rings is 2. The van der Waals surface area contributed by atoms with Crippen LogP contribution in [0.5, 0.6) is 0 Å². The van der Waals surface area contributed by atoms with Crippen LogP contribution in [0.25, 0.3) is 28.1 Å². The third-order valence-electron chi connectivity index (χ3n) is 6.86. The Bertz CT molecular complexity index is 1710. The zero-order chi connectivity index (χ0) is 24.8. The molecule has 0 unspecified atom stereocenters. The number of benzene rings is 2. The summed E-state index contributed by atoms with van der Waals surface area (Å²) in [5.41, 5.74) is 4.40. The van der Waals surface area contributed by atoms with Crippen molar-refractivity contribution in [3.8, 4) is 12.0 Å². The van der Waals surface area contributed by atoms with Crippen molar-refractivity contribution in [1.29, 1.82) is 5.26 Å². The maximum Gasteiger partial charge on any atom is 0.330 e. The number of aliphatic hydroxyl groups is 2. The summed E-state index contributed by atoms with van der Waals surface area (Å²) in [5, 5.41) is 29.3. The van der Waals surface area contributed by atoms with Crippen LogP contribution in [0.15, 0.2) is 59.8 Å². The minimum Gasteiger partial charge on any atom is -0.396 e. The van der Waals surface area contributed by atoms with Crippen LogP contribution in [0.4, 0.5) is 0 Å². The molecular weight excluding hydrogens is 458 g/mol. The predicted molar refractivity (Wildman–Crippen MR) is 132 cm³/mol. The van der Waals surface area contributed by atoms with Crippen LogP contribution in [0.1, 0.15) is 48.1 Å². The van der Waals surface area contributed by atoms with Gasteiger partial charge in [0.2, 0.25) is 5.95 Å². The molecule has 10 heteroatoms. The largest absolute Gasteiger partial charge is 0.396 e. The molecule has 2 aromatic carbocycles. The third kappa shape index (κ3) is 3.40. The first-order valence-corrected chi connectivity index (χ1v) is 11.8. The van der Waals surface area contributed by atoms with E-state index in [-0.39, 0.29) is 18.3 Å². The van der Waals surface area contributed by atoms with Crippen molar-refractivity contribution in [2.75, 3.05) is 6.61 Å². The van der Waals surface area contributed by atoms with Crippen molar-refractivity contribution in [1.82, 2.24) is 28.7 Å². The molecule has 0 fully saturated rings. The summed E-state index contributed by atoms with van der Waals surface area (Å²) in [6.45, 7) is 0.289. The van der Waals surface area contributed by atoms with Crippen molar-refractivity contribution >= 4 is 22.2 Å². The van der Waals surface area contributed by atoms with Gasteiger partial charge in [0.1, 0.15) is 11.8 Å². The zero-order valence-corrected chi connectivity index (χ0v) is 19.3. The summed E-state index contributed by atoms with van der Waals surface area (Å²) in [4.78, 5) is 27.5. The highest BCUT2D eigenvalue weighted by atomic mass is 16.3. The van der Waals surface area contributed by atoms with Crippen LogP contribution in [-0.2, 0) is 6.54 Å². The first-order chi connectivity index (χ1) is 17.6. The van der Waals surface area contributed by atoms with Crippen molar-refractivity contribution in [3.05, 3.63) is 82.2 Å². The minimum absolute atomic E-state index is 0.0429. The summed E-state index contributed by atoms with van der Waals surface area (Å²) in [7, 11) is 0. The SMILES string of the molecule is N#Cc1ccc2ncn(-c3ncc4c(n3)n([C@@H]3CC[C@@H](O)c5ccccc53)c(=O)n4CCCO)c2c1. The van der Waals surface area contributed by atoms with Crippen LogP contribution in [0.3, 0.4) is 0 Å². The standard InChI is InChI=1S/C26H23N7O3/c27-13-16-6-7-19-21(12-16)32(15-29-19)25-28-14-22-24(30-25)33(26(36)31(22)10-3-11-34)20-8-9-23(35)18-5-2-1-4-17(18)20/h1-2,4-7,12,14-15,20,23,34-35H,3,8-11H2/t20-,23-/m1/s1. The van der Waals surface area contributed by atoms with E-state index in [2.05, 4.69) is 16.0 Å². The van der Waals surface area contributed by atoms with E-state index in [1.165, 1.54) is 0 Å². The molecule has 0 saturated heterocycles. The number of aryl methyl sites for hydroxylation is 1. The maximum absolute atomic E-state index is 13.7. The molecule has 1 aliphatic carbocycles. The van der Waals surface area contributed by atoms with E-state index in [1.807, 2.05) is 24.3 Å². The fourth-order valence-electron chi connectivity index (χ4n) is 5.14. The van der Waals surface area contributed by atoms with Crippen molar-refractivity contribution in [3.63, 3.8) is 0 Å². The molecule has 2 atom stereocenters. The zero-order valence-electron chi connectivity index (χ0n) is 19.3. The lowest BCUT2D eigenvalue weighted by atomic mass is 9.85. The first kappa shape index (κ1) is 22.2. The Kier molecular flexibility index (Phi) is 5.36. The van der Waals surface area contributed by atoms with Crippen LogP contribution in [0, 0.1) is 11.3 Å². The predicted octanol–water partition coefficient (Wildman–Crippen LogP) is 2.60. The van der Waals surface area contributed by atoms with Gasteiger partial charge < -0.3 is 10.2 Å². The average Bonchev–Trinajstić information content (AvgIpc) is 3.45. The summed E-state index contributed by atoms with van der Waals surface area (Å²) in [6.07, 6.45) is 4.17. The van der Waals surface area contributed by atoms with Gasteiger partial charge in [-0.1, -0.05) is 24.3 Å². The quantitative estimate of drug-likeness (QED) is 0.394. The Labute approximate surface area is 205 Å². The Balaban J connectivity index is 1.59. The molecule has 1 aliphatic rings. The average molecular weight is 482 g/mol. The van der Waals surface area contributed by atoms with Gasteiger partial charge in [-0.05, 0) is 48.6 Å². The van der Waals surface area contributed by atoms with Crippen molar-refractivity contribution in [2.45, 2.75) is 38.0 Å². The van der Waals surface area contributed by atoms with E-state index in [0.29, 0.717) is 59.5 Å². The molecule has 36 heavy (non-hydrogen) atoms. The number of rotatable bonds is 5. The molecule has 3 aromatic heterocycles. The lowest BCUT2D eigenvalue weighted by molar-refractivity contribution is 0.147. The molecule has 0 bridgehead atoms. The maximum atomic E-state index is 13.7. The summed E-state index contributed by atoms with van der Waals surface area (Å²) in [6, 6.07) is 14.7. The van der Waals surface area contributed by atoms with E-state index >= 15 is 0 Å². The molecule has 6 rings (SSSR count). The fraction of sp³-hybridized carbons (Fsp3) is 0.269. The van der Waals surface area contributed by atoms with Crippen LogP contribution in [-0.4, -0.2) is 45.5 Å². The Morgan fingerprint density at radius 1 is 1.08 bits per heavy atom. The van der Waals surface area contributed by atoms with E-state index in [0.717, 1.165) is 11.1 Å². The molecule has 2 N–H and O–H groups in total. The van der Waals surface area contributed by atoms with Crippen LogP contribution in [0.2, 0.25) is 0 Å². The summed E-state index contributed by atoms with van der Waals surface area (Å²) >= 11 is 0. The number of fused-ring (bicyclic) bond motifs is 3. The molecule has 180 valence electrons. The minimum atomic E-state index is -0.576. The van der Waals surface area contributed by atoms with Crippen molar-refractivity contribution < 1.29 is 10.2 Å². The van der Waals surface area contributed by atoms with E-state index < -0.39 is 6.10 Å². The first-order valence-electron chi connectivity index (χ1n) is 11.8. The monoisotopic (exact) mass is 481 g/mol. The van der Waals surface area contributed by atoms with Gasteiger partial charge in [0, 0.05) is 13.2 Å². The molecule has 0 aliphatic heterocycles. The number of nitrogens with zero attached hydrogens (tertiary/aromatic N) is 7. The number of aromatic nitrogens is 6. The molecular formula is C26H23N7O3. The Morgan fingerprint density at radius 2 is 1.92 bits per heavy atom. The van der Waals surface area contributed by atoms with Gasteiger partial charge in [-0.3, -0.25) is 13.7 Å². The molecule has 0 radical (unpaired) electrons. The number of hydrogen-bond acceptors (Lipinski definition) is 7. The molecule has 0 amide bonds. The number of nitriles is 1. The van der Waals surface area contributed by atoms with Gasteiger partial charge >= 0.3 is 5.69 Å². The molecule has 3 heterocycles. The summed E-state index contributed by atoms with van der Waals surface area (Å²) < 4.78 is 4.99. The van der Waals surface area contributed by atoms with Crippen molar-refractivity contribution in [2.24, 2.45) is 0 Å². The lowest BCUT2D eigenvalue weighted by Crippen LogP contribution is -2.31. The molecule has 0 spiro atoms. The normalized spacial score (nSPS) is 17.4. The second kappa shape index (κ2) is 8.71. The molecule has 0 saturated carbocycles. The van der Waals surface area contributed by atoms with E-state index in [4.69, 9.17) is 4.98 Å². The van der Waals surface area contributed by atoms with Gasteiger partial charge in [-0.25, -0.2) is 14.8 Å². The van der Waals surface area contributed by atoms with Gasteiger partial charge in [-0.2, -0.15) is 10.2 Å².